The maximum Gasteiger partial charge on any atom is 0.317 e. The van der Waals surface area contributed by atoms with Crippen molar-refractivity contribution in [3.05, 3.63) is 66.2 Å². The second kappa shape index (κ2) is 9.12. The molecule has 0 radical (unpaired) electrons. The van der Waals surface area contributed by atoms with Crippen molar-refractivity contribution < 1.29 is 9.59 Å². The zero-order valence-corrected chi connectivity index (χ0v) is 17.5. The van der Waals surface area contributed by atoms with Crippen LogP contribution in [0.4, 0.5) is 10.5 Å². The lowest BCUT2D eigenvalue weighted by Crippen LogP contribution is -2.48. The van der Waals surface area contributed by atoms with Crippen LogP contribution in [0.15, 0.2) is 60.7 Å². The number of likely N-dealkylation sites (tertiary alicyclic amines) is 1. The predicted octanol–water partition coefficient (Wildman–Crippen LogP) is 4.83. The van der Waals surface area contributed by atoms with Gasteiger partial charge in [-0.25, -0.2) is 4.79 Å². The monoisotopic (exact) mass is 393 g/mol. The van der Waals surface area contributed by atoms with Gasteiger partial charge in [0.15, 0.2) is 0 Å². The lowest BCUT2D eigenvalue weighted by atomic mass is 9.82. The Morgan fingerprint density at radius 1 is 0.931 bits per heavy atom. The fourth-order valence-corrected chi connectivity index (χ4v) is 3.77. The minimum absolute atomic E-state index is 0.0353. The Morgan fingerprint density at radius 3 is 2.03 bits per heavy atom. The van der Waals surface area contributed by atoms with Gasteiger partial charge in [-0.3, -0.25) is 4.79 Å². The van der Waals surface area contributed by atoms with E-state index in [2.05, 4.69) is 43.5 Å². The molecule has 2 aromatic rings. The van der Waals surface area contributed by atoms with Gasteiger partial charge in [-0.2, -0.15) is 0 Å². The van der Waals surface area contributed by atoms with Crippen LogP contribution in [0.25, 0.3) is 0 Å². The largest absolute Gasteiger partial charge is 0.331 e. The lowest BCUT2D eigenvalue weighted by Gasteiger charge is -2.36. The van der Waals surface area contributed by atoms with E-state index in [0.717, 1.165) is 11.3 Å². The van der Waals surface area contributed by atoms with Crippen molar-refractivity contribution in [2.45, 2.75) is 39.7 Å². The first-order valence-corrected chi connectivity index (χ1v) is 10.3. The minimum atomic E-state index is -0.106. The number of amides is 3. The average molecular weight is 394 g/mol. The van der Waals surface area contributed by atoms with Crippen LogP contribution >= 0.6 is 0 Å². The number of urea groups is 1. The zero-order chi connectivity index (χ0) is 20.9. The number of nitrogens with one attached hydrogen (secondary N) is 2. The molecule has 1 unspecified atom stereocenters. The molecule has 0 aromatic heterocycles. The van der Waals surface area contributed by atoms with Crippen LogP contribution < -0.4 is 10.6 Å². The Labute approximate surface area is 173 Å². The van der Waals surface area contributed by atoms with Gasteiger partial charge in [0, 0.05) is 24.7 Å². The summed E-state index contributed by atoms with van der Waals surface area (Å²) in [6, 6.07) is 19.4. The zero-order valence-electron chi connectivity index (χ0n) is 17.5. The fourth-order valence-electron chi connectivity index (χ4n) is 3.77. The number of hydrogen-bond acceptors (Lipinski definition) is 2. The second-order valence-corrected chi connectivity index (χ2v) is 8.78. The number of carbonyl (C=O) groups excluding carboxylic acids is 2. The first-order valence-electron chi connectivity index (χ1n) is 10.3. The van der Waals surface area contributed by atoms with E-state index in [1.165, 1.54) is 0 Å². The molecular formula is C24H31N3O2. The van der Waals surface area contributed by atoms with Gasteiger partial charge in [-0.1, -0.05) is 69.3 Å². The van der Waals surface area contributed by atoms with E-state index in [1.54, 1.807) is 0 Å². The molecule has 29 heavy (non-hydrogen) atoms. The molecule has 154 valence electrons. The van der Waals surface area contributed by atoms with E-state index in [1.807, 2.05) is 53.4 Å². The van der Waals surface area contributed by atoms with E-state index in [4.69, 9.17) is 0 Å². The Morgan fingerprint density at radius 2 is 1.48 bits per heavy atom. The molecule has 2 N–H and O–H groups in total. The number of piperidine rings is 1. The van der Waals surface area contributed by atoms with Gasteiger partial charge in [-0.05, 0) is 36.0 Å². The Bertz CT molecular complexity index is 807. The first-order chi connectivity index (χ1) is 13.8. The third-order valence-corrected chi connectivity index (χ3v) is 5.46. The standard InChI is InChI=1S/C24H31N3O2/c1-24(2,3)21(18-10-6-4-7-11-18)26-23(29)27-16-14-19(15-17-27)22(28)25-20-12-8-5-9-13-20/h4-13,19,21H,14-17H2,1-3H3,(H,25,28)(H,26,29). The molecule has 3 amide bonds. The van der Waals surface area contributed by atoms with Gasteiger partial charge in [0.05, 0.1) is 6.04 Å². The summed E-state index contributed by atoms with van der Waals surface area (Å²) in [7, 11) is 0. The van der Waals surface area contributed by atoms with Crippen molar-refractivity contribution in [3.63, 3.8) is 0 Å². The summed E-state index contributed by atoms with van der Waals surface area (Å²) in [6.45, 7) is 7.57. The number of benzene rings is 2. The SMILES string of the molecule is CC(C)(C)C(NC(=O)N1CCC(C(=O)Nc2ccccc2)CC1)c1ccccc1. The molecule has 2 aromatic carbocycles. The Kier molecular flexibility index (Phi) is 6.57. The highest BCUT2D eigenvalue weighted by Crippen LogP contribution is 2.33. The molecule has 1 fully saturated rings. The summed E-state index contributed by atoms with van der Waals surface area (Å²) < 4.78 is 0. The number of carbonyl (C=O) groups is 2. The molecule has 1 saturated heterocycles. The van der Waals surface area contributed by atoms with Crippen molar-refractivity contribution in [1.82, 2.24) is 10.2 Å². The van der Waals surface area contributed by atoms with Crippen molar-refractivity contribution in [2.75, 3.05) is 18.4 Å². The number of anilines is 1. The highest BCUT2D eigenvalue weighted by Gasteiger charge is 2.32. The van der Waals surface area contributed by atoms with Gasteiger partial charge >= 0.3 is 6.03 Å². The molecule has 5 nitrogen and oxygen atoms in total. The van der Waals surface area contributed by atoms with Gasteiger partial charge in [0.25, 0.3) is 0 Å². The Balaban J connectivity index is 1.56. The molecule has 3 rings (SSSR count). The maximum atomic E-state index is 12.9. The maximum absolute atomic E-state index is 12.9. The summed E-state index contributed by atoms with van der Waals surface area (Å²) in [5, 5.41) is 6.18. The quantitative estimate of drug-likeness (QED) is 0.781. The third-order valence-electron chi connectivity index (χ3n) is 5.46. The van der Waals surface area contributed by atoms with Crippen molar-refractivity contribution in [3.8, 4) is 0 Å². The topological polar surface area (TPSA) is 61.4 Å². The van der Waals surface area contributed by atoms with Crippen LogP contribution in [0, 0.1) is 11.3 Å². The molecular weight excluding hydrogens is 362 g/mol. The van der Waals surface area contributed by atoms with E-state index < -0.39 is 0 Å². The molecule has 5 heteroatoms. The third kappa shape index (κ3) is 5.59. The van der Waals surface area contributed by atoms with Crippen LogP contribution in [0.2, 0.25) is 0 Å². The number of rotatable bonds is 4. The van der Waals surface area contributed by atoms with E-state index in [0.29, 0.717) is 25.9 Å². The number of hydrogen-bond donors (Lipinski definition) is 2. The molecule has 0 bridgehead atoms. The van der Waals surface area contributed by atoms with Gasteiger partial charge in [0.1, 0.15) is 0 Å². The summed E-state index contributed by atoms with van der Waals surface area (Å²) in [5.41, 5.74) is 1.81. The van der Waals surface area contributed by atoms with Crippen LogP contribution in [0.3, 0.4) is 0 Å². The van der Waals surface area contributed by atoms with Crippen molar-refractivity contribution in [2.24, 2.45) is 11.3 Å². The molecule has 1 atom stereocenters. The van der Waals surface area contributed by atoms with Gasteiger partial charge in [-0.15, -0.1) is 0 Å². The van der Waals surface area contributed by atoms with Crippen LogP contribution in [0.5, 0.6) is 0 Å². The lowest BCUT2D eigenvalue weighted by molar-refractivity contribution is -0.121. The molecule has 0 saturated carbocycles. The van der Waals surface area contributed by atoms with Gasteiger partial charge < -0.3 is 15.5 Å². The molecule has 1 heterocycles. The molecule has 0 aliphatic carbocycles. The number of nitrogens with zero attached hydrogens (tertiary/aromatic N) is 1. The second-order valence-electron chi connectivity index (χ2n) is 8.78. The first kappa shape index (κ1) is 20.9. The number of para-hydroxylation sites is 1. The predicted molar refractivity (Wildman–Crippen MR) is 117 cm³/mol. The van der Waals surface area contributed by atoms with Crippen LogP contribution in [0.1, 0.15) is 45.2 Å². The van der Waals surface area contributed by atoms with Gasteiger partial charge in [0.2, 0.25) is 5.91 Å². The van der Waals surface area contributed by atoms with Crippen LogP contribution in [-0.4, -0.2) is 29.9 Å². The summed E-state index contributed by atoms with van der Waals surface area (Å²) in [4.78, 5) is 27.2. The molecule has 1 aliphatic rings. The molecule has 0 spiro atoms. The summed E-state index contributed by atoms with van der Waals surface area (Å²) in [5.74, 6) is -0.0279. The fraction of sp³-hybridized carbons (Fsp3) is 0.417. The van der Waals surface area contributed by atoms with Crippen molar-refractivity contribution >= 4 is 17.6 Å². The highest BCUT2D eigenvalue weighted by molar-refractivity contribution is 5.92. The minimum Gasteiger partial charge on any atom is -0.331 e. The molecule has 1 aliphatic heterocycles. The smallest absolute Gasteiger partial charge is 0.317 e. The van der Waals surface area contributed by atoms with E-state index in [9.17, 15) is 9.59 Å². The summed E-state index contributed by atoms with van der Waals surface area (Å²) >= 11 is 0. The van der Waals surface area contributed by atoms with E-state index >= 15 is 0 Å². The Hall–Kier alpha value is -2.82. The highest BCUT2D eigenvalue weighted by atomic mass is 16.2. The van der Waals surface area contributed by atoms with E-state index in [-0.39, 0.29) is 29.3 Å². The van der Waals surface area contributed by atoms with Crippen LogP contribution in [-0.2, 0) is 4.79 Å². The normalized spacial score (nSPS) is 16.2. The van der Waals surface area contributed by atoms with Crippen molar-refractivity contribution in [1.29, 1.82) is 0 Å². The summed E-state index contributed by atoms with van der Waals surface area (Å²) in [6.07, 6.45) is 1.36. The average Bonchev–Trinajstić information content (AvgIpc) is 2.72.